The van der Waals surface area contributed by atoms with Gasteiger partial charge in [-0.25, -0.2) is 9.50 Å². The summed E-state index contributed by atoms with van der Waals surface area (Å²) in [5, 5.41) is 6.10. The number of aromatic nitrogens is 3. The molecule has 0 saturated carbocycles. The van der Waals surface area contributed by atoms with Gasteiger partial charge in [0.05, 0.1) is 11.4 Å². The van der Waals surface area contributed by atoms with Gasteiger partial charge in [-0.2, -0.15) is 0 Å². The number of halogens is 1. The second-order valence-electron chi connectivity index (χ2n) is 6.17. The van der Waals surface area contributed by atoms with Gasteiger partial charge in [0.1, 0.15) is 0 Å². The van der Waals surface area contributed by atoms with Crippen LogP contribution < -0.4 is 10.6 Å². The molecule has 3 rings (SSSR count). The smallest absolute Gasteiger partial charge is 0.214 e. The van der Waals surface area contributed by atoms with Crippen LogP contribution in [0.25, 0.3) is 10.5 Å². The molecule has 1 atom stereocenters. The van der Waals surface area contributed by atoms with Gasteiger partial charge < -0.3 is 10.6 Å². The predicted octanol–water partition coefficient (Wildman–Crippen LogP) is 3.35. The summed E-state index contributed by atoms with van der Waals surface area (Å²) in [5.41, 5.74) is 8.56. The first kappa shape index (κ1) is 16.2. The van der Waals surface area contributed by atoms with E-state index in [4.69, 9.17) is 22.4 Å². The Bertz CT molecular complexity index is 814. The number of nitrogens with two attached hydrogens (primary N) is 1. The van der Waals surface area contributed by atoms with E-state index in [1.54, 1.807) is 17.4 Å². The van der Waals surface area contributed by atoms with Gasteiger partial charge >= 0.3 is 0 Å². The molecule has 1 saturated heterocycles. The molecule has 122 valence electrons. The Morgan fingerprint density at radius 1 is 1.52 bits per heavy atom. The lowest BCUT2D eigenvalue weighted by molar-refractivity contribution is 0.524. The van der Waals surface area contributed by atoms with Crippen LogP contribution in [0.2, 0.25) is 0 Å². The van der Waals surface area contributed by atoms with Crippen LogP contribution in [0.4, 0.5) is 5.13 Å². The Morgan fingerprint density at radius 3 is 2.78 bits per heavy atom. The quantitative estimate of drug-likeness (QED) is 0.860. The maximum atomic E-state index is 6.21. The zero-order chi connectivity index (χ0) is 16.8. The molecule has 1 aliphatic rings. The Labute approximate surface area is 144 Å². The maximum Gasteiger partial charge on any atom is 0.214 e. The molecule has 3 heterocycles. The number of fused-ring (bicyclic) bond motifs is 1. The number of hydrogen-bond donors (Lipinski definition) is 1. The lowest BCUT2D eigenvalue weighted by atomic mass is 10.0. The molecular weight excluding hydrogens is 330 g/mol. The molecule has 0 bridgehead atoms. The molecule has 5 nitrogen and oxygen atoms in total. The van der Waals surface area contributed by atoms with Crippen LogP contribution in [0.3, 0.4) is 0 Å². The lowest BCUT2D eigenvalue weighted by Gasteiger charge is -2.18. The Balaban J connectivity index is 1.99. The van der Waals surface area contributed by atoms with Gasteiger partial charge in [-0.15, -0.1) is 5.10 Å². The minimum atomic E-state index is -0.149. The van der Waals surface area contributed by atoms with Crippen molar-refractivity contribution >= 4 is 38.6 Å². The molecule has 2 aromatic rings. The highest BCUT2D eigenvalue weighted by atomic mass is 35.5. The number of imidazole rings is 1. The fraction of sp³-hybridized carbons (Fsp3) is 0.375. The summed E-state index contributed by atoms with van der Waals surface area (Å²) < 4.78 is 1.86. The maximum absolute atomic E-state index is 6.21. The van der Waals surface area contributed by atoms with Crippen LogP contribution in [-0.4, -0.2) is 33.2 Å². The molecule has 0 amide bonds. The monoisotopic (exact) mass is 349 g/mol. The summed E-state index contributed by atoms with van der Waals surface area (Å²) in [4.78, 5) is 7.74. The minimum absolute atomic E-state index is 0.149. The van der Waals surface area contributed by atoms with Crippen molar-refractivity contribution < 1.29 is 0 Å². The van der Waals surface area contributed by atoms with Gasteiger partial charge in [-0.3, -0.25) is 0 Å². The van der Waals surface area contributed by atoms with Crippen LogP contribution in [0.15, 0.2) is 30.3 Å². The van der Waals surface area contributed by atoms with Crippen molar-refractivity contribution in [2.75, 3.05) is 18.0 Å². The molecule has 7 heteroatoms. The van der Waals surface area contributed by atoms with E-state index in [1.807, 2.05) is 17.5 Å². The third-order valence-corrected chi connectivity index (χ3v) is 5.20. The number of hydrogen-bond acceptors (Lipinski definition) is 5. The highest BCUT2D eigenvalue weighted by molar-refractivity contribution is 7.20. The topological polar surface area (TPSA) is 59.5 Å². The first-order valence-corrected chi connectivity index (χ1v) is 8.60. The number of nitrogens with zero attached hydrogens (tertiary/aromatic N) is 4. The van der Waals surface area contributed by atoms with Crippen molar-refractivity contribution in [3.63, 3.8) is 0 Å². The summed E-state index contributed by atoms with van der Waals surface area (Å²) in [6.07, 6.45) is 4.47. The Hall–Kier alpha value is -1.63. The molecule has 1 aliphatic heterocycles. The highest BCUT2D eigenvalue weighted by Gasteiger charge is 2.32. The SMILES string of the molecule is C=C/C=C(\C(=C)Cl)c1nc2sc(N3CCC(C)(N)C3)nn2c1C. The zero-order valence-electron chi connectivity index (χ0n) is 13.3. The average molecular weight is 350 g/mol. The molecule has 23 heavy (non-hydrogen) atoms. The van der Waals surface area contributed by atoms with Crippen LogP contribution in [0.5, 0.6) is 0 Å². The standard InChI is InChI=1S/C16H20ClN5S/c1-5-6-12(10(2)17)13-11(3)22-14(19-13)23-15(20-22)21-8-7-16(4,18)9-21/h5-6H,1-2,7-9,18H2,3-4H3/b12-6+. The van der Waals surface area contributed by atoms with Crippen molar-refractivity contribution in [3.8, 4) is 0 Å². The van der Waals surface area contributed by atoms with Crippen LogP contribution in [-0.2, 0) is 0 Å². The highest BCUT2D eigenvalue weighted by Crippen LogP contribution is 2.33. The minimum Gasteiger partial charge on any atom is -0.345 e. The second-order valence-corrected chi connectivity index (χ2v) is 7.56. The molecule has 0 aromatic carbocycles. The summed E-state index contributed by atoms with van der Waals surface area (Å²) in [7, 11) is 0. The number of aryl methyl sites for hydroxylation is 1. The summed E-state index contributed by atoms with van der Waals surface area (Å²) in [6, 6.07) is 0. The van der Waals surface area contributed by atoms with E-state index in [0.717, 1.165) is 46.6 Å². The van der Waals surface area contributed by atoms with Crippen molar-refractivity contribution in [2.24, 2.45) is 5.73 Å². The molecule has 1 fully saturated rings. The van der Waals surface area contributed by atoms with Gasteiger partial charge in [0.2, 0.25) is 10.1 Å². The fourth-order valence-electron chi connectivity index (χ4n) is 2.79. The van der Waals surface area contributed by atoms with Crippen LogP contribution in [0, 0.1) is 6.92 Å². The van der Waals surface area contributed by atoms with Gasteiger partial charge in [0.25, 0.3) is 0 Å². The van der Waals surface area contributed by atoms with E-state index >= 15 is 0 Å². The van der Waals surface area contributed by atoms with Crippen LogP contribution in [0.1, 0.15) is 24.7 Å². The van der Waals surface area contributed by atoms with E-state index in [9.17, 15) is 0 Å². The average Bonchev–Trinajstić information content (AvgIpc) is 3.11. The third kappa shape index (κ3) is 2.94. The number of allylic oxidation sites excluding steroid dienone is 4. The van der Waals surface area contributed by atoms with Crippen LogP contribution >= 0.6 is 22.9 Å². The normalized spacial score (nSPS) is 22.1. The summed E-state index contributed by atoms with van der Waals surface area (Å²) in [6.45, 7) is 13.3. The van der Waals surface area contributed by atoms with Gasteiger partial charge in [0.15, 0.2) is 0 Å². The van der Waals surface area contributed by atoms with Crippen molar-refractivity contribution in [1.82, 2.24) is 14.6 Å². The molecule has 0 radical (unpaired) electrons. The van der Waals surface area contributed by atoms with E-state index in [-0.39, 0.29) is 5.54 Å². The third-order valence-electron chi connectivity index (χ3n) is 4.02. The van der Waals surface area contributed by atoms with Crippen molar-refractivity contribution in [3.05, 3.63) is 41.7 Å². The summed E-state index contributed by atoms with van der Waals surface area (Å²) >= 11 is 7.65. The molecular formula is C16H20ClN5S. The number of rotatable bonds is 4. The number of anilines is 1. The Morgan fingerprint density at radius 2 is 2.26 bits per heavy atom. The summed E-state index contributed by atoms with van der Waals surface area (Å²) in [5.74, 6) is 0. The molecule has 1 unspecified atom stereocenters. The largest absolute Gasteiger partial charge is 0.345 e. The van der Waals surface area contributed by atoms with Gasteiger partial charge in [-0.1, -0.05) is 48.2 Å². The van der Waals surface area contributed by atoms with E-state index in [0.29, 0.717) is 5.03 Å². The van der Waals surface area contributed by atoms with Gasteiger partial charge in [-0.05, 0) is 20.3 Å². The fourth-order valence-corrected chi connectivity index (χ4v) is 3.91. The first-order chi connectivity index (χ1) is 10.8. The lowest BCUT2D eigenvalue weighted by Crippen LogP contribution is -2.39. The van der Waals surface area contributed by atoms with Gasteiger partial charge in [0, 0.05) is 29.2 Å². The van der Waals surface area contributed by atoms with Crippen molar-refractivity contribution in [1.29, 1.82) is 0 Å². The van der Waals surface area contributed by atoms with E-state index < -0.39 is 0 Å². The molecule has 2 aromatic heterocycles. The van der Waals surface area contributed by atoms with Crippen molar-refractivity contribution in [2.45, 2.75) is 25.8 Å². The van der Waals surface area contributed by atoms with E-state index in [1.165, 1.54) is 0 Å². The molecule has 0 spiro atoms. The zero-order valence-corrected chi connectivity index (χ0v) is 14.9. The second kappa shape index (κ2) is 5.78. The van der Waals surface area contributed by atoms with E-state index in [2.05, 4.69) is 30.0 Å². The molecule has 0 aliphatic carbocycles. The predicted molar refractivity (Wildman–Crippen MR) is 98.2 cm³/mol. The Kier molecular flexibility index (Phi) is 4.08. The first-order valence-electron chi connectivity index (χ1n) is 7.40. The molecule has 2 N–H and O–H groups in total.